The Morgan fingerprint density at radius 2 is 2.02 bits per heavy atom. The van der Waals surface area contributed by atoms with Crippen molar-refractivity contribution in [2.45, 2.75) is 44.8 Å². The first kappa shape index (κ1) is 30.6. The number of amides is 1. The molecule has 12 heteroatoms. The minimum atomic E-state index is -0.595. The monoisotopic (exact) mass is 598 g/mol. The van der Waals surface area contributed by atoms with Crippen LogP contribution < -0.4 is 15.8 Å². The van der Waals surface area contributed by atoms with Crippen LogP contribution in [0.4, 0.5) is 10.2 Å². The number of nitrogen functional groups attached to an aromatic ring is 1. The molecular weight excluding hydrogens is 563 g/mol. The molecule has 1 fully saturated rings. The highest BCUT2D eigenvalue weighted by Crippen LogP contribution is 2.35. The Bertz CT molecular complexity index is 1710. The van der Waals surface area contributed by atoms with E-state index in [0.29, 0.717) is 54.3 Å². The van der Waals surface area contributed by atoms with Crippen molar-refractivity contribution in [2.24, 2.45) is 0 Å². The van der Waals surface area contributed by atoms with Crippen LogP contribution in [0.3, 0.4) is 0 Å². The van der Waals surface area contributed by atoms with Gasteiger partial charge in [-0.05, 0) is 57.0 Å². The van der Waals surface area contributed by atoms with Crippen LogP contribution in [0, 0.1) is 17.1 Å². The van der Waals surface area contributed by atoms with Gasteiger partial charge in [0.2, 0.25) is 0 Å². The molecule has 0 spiro atoms. The van der Waals surface area contributed by atoms with E-state index in [1.54, 1.807) is 47.0 Å². The predicted molar refractivity (Wildman–Crippen MR) is 164 cm³/mol. The van der Waals surface area contributed by atoms with Crippen LogP contribution in [0.1, 0.15) is 26.7 Å². The lowest BCUT2D eigenvalue weighted by Gasteiger charge is -2.27. The lowest BCUT2D eigenvalue weighted by atomic mass is 10.0. The van der Waals surface area contributed by atoms with Crippen LogP contribution in [0.25, 0.3) is 22.3 Å². The van der Waals surface area contributed by atoms with Crippen LogP contribution in [0.5, 0.6) is 11.5 Å². The zero-order valence-corrected chi connectivity index (χ0v) is 25.0. The molecule has 11 nitrogen and oxygen atoms in total. The Morgan fingerprint density at radius 3 is 2.75 bits per heavy atom. The Balaban J connectivity index is 1.42. The molecule has 228 valence electrons. The van der Waals surface area contributed by atoms with Gasteiger partial charge in [0, 0.05) is 37.4 Å². The number of anilines is 1. The molecule has 1 atom stereocenters. The number of methoxy groups -OCH3 is 1. The van der Waals surface area contributed by atoms with E-state index in [0.717, 1.165) is 6.42 Å². The van der Waals surface area contributed by atoms with Gasteiger partial charge in [-0.15, -0.1) is 0 Å². The number of aromatic nitrogens is 4. The highest BCUT2D eigenvalue weighted by atomic mass is 19.1. The van der Waals surface area contributed by atoms with Crippen molar-refractivity contribution >= 4 is 22.8 Å². The van der Waals surface area contributed by atoms with E-state index in [4.69, 9.17) is 20.3 Å². The van der Waals surface area contributed by atoms with Gasteiger partial charge in [-0.1, -0.05) is 18.2 Å². The van der Waals surface area contributed by atoms with Gasteiger partial charge in [0.05, 0.1) is 24.6 Å². The lowest BCUT2D eigenvalue weighted by Crippen LogP contribution is -2.42. The fourth-order valence-corrected chi connectivity index (χ4v) is 5.40. The SMILES string of the molecule is COCCNC(C)(C)C=C(C#N)C(=O)N1CCCC1Cn1nc(-c2ccc(Oc3ccccc3)cc2F)c2c(N)ncnc21. The summed E-state index contributed by atoms with van der Waals surface area (Å²) in [7, 11) is 1.61. The predicted octanol–water partition coefficient (Wildman–Crippen LogP) is 4.46. The number of rotatable bonds is 11. The van der Waals surface area contributed by atoms with Gasteiger partial charge >= 0.3 is 0 Å². The second-order valence-corrected chi connectivity index (χ2v) is 11.2. The molecule has 0 bridgehead atoms. The second kappa shape index (κ2) is 13.2. The van der Waals surface area contributed by atoms with Gasteiger partial charge in [0.15, 0.2) is 5.65 Å². The first-order valence-electron chi connectivity index (χ1n) is 14.4. The normalized spacial score (nSPS) is 15.5. The second-order valence-electron chi connectivity index (χ2n) is 11.2. The van der Waals surface area contributed by atoms with Crippen molar-refractivity contribution in [3.63, 3.8) is 0 Å². The number of carbonyl (C=O) groups excluding carboxylic acids is 1. The minimum Gasteiger partial charge on any atom is -0.457 e. The summed E-state index contributed by atoms with van der Waals surface area (Å²) in [5.41, 5.74) is 6.66. The summed E-state index contributed by atoms with van der Waals surface area (Å²) in [6.45, 7) is 5.66. The summed E-state index contributed by atoms with van der Waals surface area (Å²) in [5.74, 6) is 0.198. The summed E-state index contributed by atoms with van der Waals surface area (Å²) in [6.07, 6.45) is 4.46. The van der Waals surface area contributed by atoms with Gasteiger partial charge in [0.1, 0.15) is 46.8 Å². The van der Waals surface area contributed by atoms with Gasteiger partial charge < -0.3 is 25.4 Å². The number of halogens is 1. The molecule has 4 aromatic rings. The minimum absolute atomic E-state index is 0.0595. The molecule has 44 heavy (non-hydrogen) atoms. The van der Waals surface area contributed by atoms with Crippen molar-refractivity contribution < 1.29 is 18.7 Å². The number of nitrogens with zero attached hydrogens (tertiary/aromatic N) is 6. The summed E-state index contributed by atoms with van der Waals surface area (Å²) in [6, 6.07) is 15.5. The van der Waals surface area contributed by atoms with Crippen LogP contribution in [0.15, 0.2) is 66.5 Å². The molecule has 2 aromatic heterocycles. The van der Waals surface area contributed by atoms with Gasteiger partial charge in [-0.25, -0.2) is 19.0 Å². The van der Waals surface area contributed by atoms with Crippen LogP contribution in [-0.2, 0) is 16.1 Å². The van der Waals surface area contributed by atoms with Crippen LogP contribution >= 0.6 is 0 Å². The zero-order chi connectivity index (χ0) is 31.3. The number of para-hydroxylation sites is 1. The largest absolute Gasteiger partial charge is 0.457 e. The number of carbonyl (C=O) groups is 1. The fraction of sp³-hybridized carbons (Fsp3) is 0.344. The number of nitrogens with two attached hydrogens (primary N) is 1. The van der Waals surface area contributed by atoms with Gasteiger partial charge in [-0.3, -0.25) is 4.79 Å². The third-order valence-corrected chi connectivity index (χ3v) is 7.50. The van der Waals surface area contributed by atoms with Crippen molar-refractivity contribution in [3.05, 3.63) is 72.3 Å². The smallest absolute Gasteiger partial charge is 0.264 e. The van der Waals surface area contributed by atoms with E-state index in [-0.39, 0.29) is 35.4 Å². The Labute approximate surface area is 255 Å². The Kier molecular flexibility index (Phi) is 9.18. The quantitative estimate of drug-likeness (QED) is 0.145. The lowest BCUT2D eigenvalue weighted by molar-refractivity contribution is -0.127. The number of ether oxygens (including phenoxy) is 2. The summed E-state index contributed by atoms with van der Waals surface area (Å²) in [5, 5.41) is 18.3. The van der Waals surface area contributed by atoms with E-state index in [1.807, 2.05) is 32.0 Å². The number of likely N-dealkylation sites (tertiary alicyclic amines) is 1. The first-order valence-corrected chi connectivity index (χ1v) is 14.4. The maximum atomic E-state index is 15.5. The van der Waals surface area contributed by atoms with Crippen molar-refractivity contribution in [1.29, 1.82) is 5.26 Å². The Morgan fingerprint density at radius 1 is 1.23 bits per heavy atom. The van der Waals surface area contributed by atoms with Gasteiger partial charge in [-0.2, -0.15) is 10.4 Å². The van der Waals surface area contributed by atoms with E-state index < -0.39 is 11.4 Å². The van der Waals surface area contributed by atoms with E-state index in [9.17, 15) is 10.1 Å². The summed E-state index contributed by atoms with van der Waals surface area (Å²) >= 11 is 0. The highest BCUT2D eigenvalue weighted by Gasteiger charge is 2.33. The number of nitriles is 1. The van der Waals surface area contributed by atoms with Crippen LogP contribution in [0.2, 0.25) is 0 Å². The summed E-state index contributed by atoms with van der Waals surface area (Å²) < 4.78 is 28.0. The molecule has 2 aromatic carbocycles. The molecule has 0 saturated carbocycles. The molecule has 3 N–H and O–H groups in total. The standard InChI is InChI=1S/C32H35FN8O3/c1-32(2,38-13-15-43-3)17-21(18-34)31(42)40-14-7-8-22(40)19-41-30-27(29(35)36-20-37-30)28(39-41)25-12-11-24(16-26(25)33)44-23-9-5-4-6-10-23/h4-6,9-12,16-17,20,22,38H,7-8,13-15,19H2,1-3H3,(H2,35,36,37). The topological polar surface area (TPSA) is 144 Å². The molecule has 3 heterocycles. The van der Waals surface area contributed by atoms with E-state index in [2.05, 4.69) is 21.4 Å². The van der Waals surface area contributed by atoms with E-state index >= 15 is 4.39 Å². The number of benzene rings is 2. The third-order valence-electron chi connectivity index (χ3n) is 7.50. The van der Waals surface area contributed by atoms with Crippen molar-refractivity contribution in [2.75, 3.05) is 32.5 Å². The maximum absolute atomic E-state index is 15.5. The number of nitrogens with one attached hydrogen (secondary N) is 1. The molecule has 5 rings (SSSR count). The van der Waals surface area contributed by atoms with Crippen LogP contribution in [-0.4, -0.2) is 68.9 Å². The Hall–Kier alpha value is -4.86. The molecule has 1 aliphatic rings. The number of hydrogen-bond donors (Lipinski definition) is 2. The zero-order valence-electron chi connectivity index (χ0n) is 25.0. The fourth-order valence-electron chi connectivity index (χ4n) is 5.40. The molecule has 0 radical (unpaired) electrons. The third kappa shape index (κ3) is 6.69. The molecule has 1 saturated heterocycles. The average molecular weight is 599 g/mol. The van der Waals surface area contributed by atoms with Crippen molar-refractivity contribution in [1.82, 2.24) is 30.0 Å². The first-order chi connectivity index (χ1) is 21.2. The molecule has 1 unspecified atom stereocenters. The molecule has 1 aliphatic heterocycles. The van der Waals surface area contributed by atoms with Crippen molar-refractivity contribution in [3.8, 4) is 28.8 Å². The number of fused-ring (bicyclic) bond motifs is 1. The highest BCUT2D eigenvalue weighted by molar-refractivity contribution is 5.99. The maximum Gasteiger partial charge on any atom is 0.264 e. The molecule has 1 amide bonds. The van der Waals surface area contributed by atoms with Gasteiger partial charge in [0.25, 0.3) is 5.91 Å². The number of hydrogen-bond acceptors (Lipinski definition) is 9. The summed E-state index contributed by atoms with van der Waals surface area (Å²) in [4.78, 5) is 23.8. The molecule has 0 aliphatic carbocycles. The average Bonchev–Trinajstić information content (AvgIpc) is 3.62. The van der Waals surface area contributed by atoms with E-state index in [1.165, 1.54) is 12.4 Å². The molecular formula is C32H35FN8O3.